The number of esters is 1. The second kappa shape index (κ2) is 6.74. The average molecular weight is 251 g/mol. The zero-order valence-corrected chi connectivity index (χ0v) is 10.6. The Morgan fingerprint density at radius 3 is 2.78 bits per heavy atom. The van der Waals surface area contributed by atoms with E-state index in [1.54, 1.807) is 6.07 Å². The molecule has 0 aromatic heterocycles. The number of carbonyl (C=O) groups is 1. The molecule has 0 heterocycles. The predicted molar refractivity (Wildman–Crippen MR) is 67.4 cm³/mol. The van der Waals surface area contributed by atoms with Crippen LogP contribution in [0.2, 0.25) is 0 Å². The molecule has 1 rings (SSSR count). The lowest BCUT2D eigenvalue weighted by Crippen LogP contribution is -2.09. The third kappa shape index (κ3) is 3.84. The van der Waals surface area contributed by atoms with Gasteiger partial charge in [0.05, 0.1) is 18.5 Å². The van der Waals surface area contributed by atoms with Crippen LogP contribution in [0.5, 0.6) is 0 Å². The summed E-state index contributed by atoms with van der Waals surface area (Å²) in [6, 6.07) is 6.44. The van der Waals surface area contributed by atoms with Gasteiger partial charge in [-0.1, -0.05) is 25.5 Å². The molecule has 0 N–H and O–H groups in total. The fourth-order valence-corrected chi connectivity index (χ4v) is 1.91. The molecule has 0 radical (unpaired) electrons. The molecule has 5 heteroatoms. The normalized spacial score (nSPS) is 11.9. The molecule has 0 spiro atoms. The maximum absolute atomic E-state index is 11.3. The minimum absolute atomic E-state index is 0.0256. The van der Waals surface area contributed by atoms with Crippen LogP contribution < -0.4 is 0 Å². The Balaban J connectivity index is 2.94. The van der Waals surface area contributed by atoms with Gasteiger partial charge >= 0.3 is 5.97 Å². The highest BCUT2D eigenvalue weighted by molar-refractivity contribution is 5.70. The van der Waals surface area contributed by atoms with Crippen molar-refractivity contribution in [2.75, 3.05) is 7.11 Å². The van der Waals surface area contributed by atoms with Crippen molar-refractivity contribution in [3.05, 3.63) is 39.9 Å². The van der Waals surface area contributed by atoms with Crippen LogP contribution >= 0.6 is 0 Å². The number of hydrogen-bond acceptors (Lipinski definition) is 4. The molecule has 0 fully saturated rings. The van der Waals surface area contributed by atoms with Crippen LogP contribution in [0.4, 0.5) is 5.69 Å². The molecular formula is C13H17NO4. The van der Waals surface area contributed by atoms with Crippen LogP contribution in [-0.2, 0) is 9.53 Å². The van der Waals surface area contributed by atoms with Gasteiger partial charge in [0.1, 0.15) is 0 Å². The van der Waals surface area contributed by atoms with E-state index in [2.05, 4.69) is 4.74 Å². The van der Waals surface area contributed by atoms with Crippen molar-refractivity contribution in [2.45, 2.75) is 32.1 Å². The Morgan fingerprint density at radius 1 is 1.50 bits per heavy atom. The van der Waals surface area contributed by atoms with Crippen LogP contribution in [0.1, 0.15) is 37.7 Å². The summed E-state index contributed by atoms with van der Waals surface area (Å²) < 4.78 is 4.65. The van der Waals surface area contributed by atoms with E-state index in [4.69, 9.17) is 0 Å². The minimum Gasteiger partial charge on any atom is -0.469 e. The molecule has 5 nitrogen and oxygen atoms in total. The molecule has 18 heavy (non-hydrogen) atoms. The molecule has 0 saturated carbocycles. The van der Waals surface area contributed by atoms with E-state index in [1.165, 1.54) is 19.2 Å². The molecule has 0 aliphatic carbocycles. The summed E-state index contributed by atoms with van der Waals surface area (Å²) in [7, 11) is 1.35. The highest BCUT2D eigenvalue weighted by Gasteiger charge is 2.18. The summed E-state index contributed by atoms with van der Waals surface area (Å²) in [6.45, 7) is 2.02. The largest absolute Gasteiger partial charge is 0.469 e. The fourth-order valence-electron chi connectivity index (χ4n) is 1.91. The van der Waals surface area contributed by atoms with Crippen LogP contribution in [0.15, 0.2) is 24.3 Å². The summed E-state index contributed by atoms with van der Waals surface area (Å²) in [4.78, 5) is 21.6. The van der Waals surface area contributed by atoms with Crippen LogP contribution in [0.3, 0.4) is 0 Å². The molecule has 1 aromatic rings. The van der Waals surface area contributed by atoms with Crippen molar-refractivity contribution in [1.29, 1.82) is 0 Å². The van der Waals surface area contributed by atoms with Gasteiger partial charge in [0.15, 0.2) is 0 Å². The summed E-state index contributed by atoms with van der Waals surface area (Å²) in [5, 5.41) is 10.7. The summed E-state index contributed by atoms with van der Waals surface area (Å²) in [5.74, 6) is -0.317. The number of nitro benzene ring substituents is 1. The van der Waals surface area contributed by atoms with Gasteiger partial charge in [-0.2, -0.15) is 0 Å². The van der Waals surface area contributed by atoms with Crippen LogP contribution in [0, 0.1) is 10.1 Å². The third-order valence-electron chi connectivity index (χ3n) is 2.83. The van der Waals surface area contributed by atoms with Crippen molar-refractivity contribution in [1.82, 2.24) is 0 Å². The van der Waals surface area contributed by atoms with Crippen molar-refractivity contribution < 1.29 is 14.5 Å². The van der Waals surface area contributed by atoms with Crippen molar-refractivity contribution in [3.8, 4) is 0 Å². The summed E-state index contributed by atoms with van der Waals surface area (Å²) in [6.07, 6.45) is 1.96. The standard InChI is InChI=1S/C13H17NO4/c1-3-5-10(9-13(15)18-2)11-6-4-7-12(8-11)14(16)17/h4,6-8,10H,3,5,9H2,1-2H3. The first kappa shape index (κ1) is 14.2. The SMILES string of the molecule is CCCC(CC(=O)OC)c1cccc([N+](=O)[O-])c1. The summed E-state index contributed by atoms with van der Waals surface area (Å²) >= 11 is 0. The second-order valence-corrected chi connectivity index (χ2v) is 4.12. The maximum Gasteiger partial charge on any atom is 0.306 e. The highest BCUT2D eigenvalue weighted by Crippen LogP contribution is 2.27. The monoisotopic (exact) mass is 251 g/mol. The van der Waals surface area contributed by atoms with Gasteiger partial charge in [-0.25, -0.2) is 0 Å². The molecule has 1 unspecified atom stereocenters. The summed E-state index contributed by atoms with van der Waals surface area (Å²) in [5.41, 5.74) is 0.870. The molecule has 0 amide bonds. The number of methoxy groups -OCH3 is 1. The average Bonchev–Trinajstić information content (AvgIpc) is 2.38. The number of hydrogen-bond donors (Lipinski definition) is 0. The molecule has 98 valence electrons. The van der Waals surface area contributed by atoms with Gasteiger partial charge in [-0.15, -0.1) is 0 Å². The van der Waals surface area contributed by atoms with Crippen LogP contribution in [0.25, 0.3) is 0 Å². The molecule has 0 aliphatic rings. The van der Waals surface area contributed by atoms with Gasteiger partial charge < -0.3 is 4.74 Å². The lowest BCUT2D eigenvalue weighted by molar-refractivity contribution is -0.384. The number of benzene rings is 1. The first-order valence-electron chi connectivity index (χ1n) is 5.89. The quantitative estimate of drug-likeness (QED) is 0.442. The molecular weight excluding hydrogens is 234 g/mol. The zero-order chi connectivity index (χ0) is 13.5. The Hall–Kier alpha value is -1.91. The van der Waals surface area contributed by atoms with Gasteiger partial charge in [-0.3, -0.25) is 14.9 Å². The third-order valence-corrected chi connectivity index (χ3v) is 2.83. The van der Waals surface area contributed by atoms with E-state index in [9.17, 15) is 14.9 Å². The molecule has 0 aliphatic heterocycles. The number of carbonyl (C=O) groups excluding carboxylic acids is 1. The molecule has 0 saturated heterocycles. The van der Waals surface area contributed by atoms with E-state index in [0.29, 0.717) is 0 Å². The van der Waals surface area contributed by atoms with E-state index in [-0.39, 0.29) is 24.0 Å². The van der Waals surface area contributed by atoms with E-state index < -0.39 is 4.92 Å². The number of nitro groups is 1. The molecule has 0 bridgehead atoms. The van der Waals surface area contributed by atoms with Gasteiger partial charge in [0, 0.05) is 12.1 Å². The first-order valence-corrected chi connectivity index (χ1v) is 5.89. The maximum atomic E-state index is 11.3. The molecule has 1 aromatic carbocycles. The van der Waals surface area contributed by atoms with Gasteiger partial charge in [-0.05, 0) is 17.9 Å². The second-order valence-electron chi connectivity index (χ2n) is 4.12. The van der Waals surface area contributed by atoms with Crippen molar-refractivity contribution in [2.24, 2.45) is 0 Å². The van der Waals surface area contributed by atoms with Gasteiger partial charge in [0.2, 0.25) is 0 Å². The Labute approximate surface area is 106 Å². The Bertz CT molecular complexity index is 431. The van der Waals surface area contributed by atoms with E-state index >= 15 is 0 Å². The Kier molecular flexibility index (Phi) is 5.30. The van der Waals surface area contributed by atoms with E-state index in [1.807, 2.05) is 13.0 Å². The number of non-ortho nitro benzene ring substituents is 1. The van der Waals surface area contributed by atoms with Crippen LogP contribution in [-0.4, -0.2) is 18.0 Å². The number of nitrogens with zero attached hydrogens (tertiary/aromatic N) is 1. The lowest BCUT2D eigenvalue weighted by Gasteiger charge is -2.14. The topological polar surface area (TPSA) is 69.4 Å². The fraction of sp³-hybridized carbons (Fsp3) is 0.462. The minimum atomic E-state index is -0.426. The number of ether oxygens (including phenoxy) is 1. The smallest absolute Gasteiger partial charge is 0.306 e. The van der Waals surface area contributed by atoms with Gasteiger partial charge in [0.25, 0.3) is 5.69 Å². The van der Waals surface area contributed by atoms with Crippen molar-refractivity contribution in [3.63, 3.8) is 0 Å². The predicted octanol–water partition coefficient (Wildman–Crippen LogP) is 3.04. The lowest BCUT2D eigenvalue weighted by atomic mass is 9.91. The first-order chi connectivity index (χ1) is 8.58. The molecule has 1 atom stereocenters. The zero-order valence-electron chi connectivity index (χ0n) is 10.6. The highest BCUT2D eigenvalue weighted by atomic mass is 16.6. The van der Waals surface area contributed by atoms with E-state index in [0.717, 1.165) is 18.4 Å². The Morgan fingerprint density at radius 2 is 2.22 bits per heavy atom. The number of rotatable bonds is 6. The van der Waals surface area contributed by atoms with Crippen molar-refractivity contribution >= 4 is 11.7 Å².